The van der Waals surface area contributed by atoms with Gasteiger partial charge in [-0.15, -0.1) is 6.58 Å². The summed E-state index contributed by atoms with van der Waals surface area (Å²) in [6.45, 7) is 6.17. The maximum atomic E-state index is 12.1. The predicted molar refractivity (Wildman–Crippen MR) is 92.5 cm³/mol. The van der Waals surface area contributed by atoms with Gasteiger partial charge in [-0.1, -0.05) is 25.8 Å². The van der Waals surface area contributed by atoms with Crippen LogP contribution in [0.3, 0.4) is 0 Å². The van der Waals surface area contributed by atoms with Crippen molar-refractivity contribution in [3.05, 3.63) is 42.5 Å². The third kappa shape index (κ3) is 5.13. The molecule has 2 rings (SSSR count). The van der Waals surface area contributed by atoms with E-state index in [9.17, 15) is 9.59 Å². The Kier molecular flexibility index (Phi) is 6.20. The lowest BCUT2D eigenvalue weighted by atomic mass is 9.86. The van der Waals surface area contributed by atoms with Crippen LogP contribution in [-0.2, 0) is 0 Å². The van der Waals surface area contributed by atoms with Crippen LogP contribution in [0.1, 0.15) is 43.0 Å². The van der Waals surface area contributed by atoms with Gasteiger partial charge < -0.3 is 16.0 Å². The summed E-state index contributed by atoms with van der Waals surface area (Å²) in [7, 11) is 0. The maximum Gasteiger partial charge on any atom is 0.319 e. The van der Waals surface area contributed by atoms with E-state index in [1.807, 2.05) is 0 Å². The number of benzene rings is 1. The van der Waals surface area contributed by atoms with Gasteiger partial charge in [-0.05, 0) is 43.0 Å². The molecule has 3 amide bonds. The lowest BCUT2D eigenvalue weighted by Crippen LogP contribution is -2.43. The van der Waals surface area contributed by atoms with Crippen molar-refractivity contribution in [2.75, 3.05) is 11.9 Å². The highest BCUT2D eigenvalue weighted by Gasteiger charge is 2.22. The van der Waals surface area contributed by atoms with E-state index >= 15 is 0 Å². The van der Waals surface area contributed by atoms with E-state index in [1.165, 1.54) is 19.3 Å². The maximum absolute atomic E-state index is 12.1. The Morgan fingerprint density at radius 3 is 2.57 bits per heavy atom. The van der Waals surface area contributed by atoms with Crippen molar-refractivity contribution >= 4 is 17.6 Å². The van der Waals surface area contributed by atoms with Crippen molar-refractivity contribution in [3.8, 4) is 0 Å². The van der Waals surface area contributed by atoms with Crippen LogP contribution in [0.25, 0.3) is 0 Å². The van der Waals surface area contributed by atoms with E-state index in [1.54, 1.807) is 30.3 Å². The molecule has 1 aliphatic rings. The predicted octanol–water partition coefficient (Wildman–Crippen LogP) is 3.30. The molecule has 2 unspecified atom stereocenters. The van der Waals surface area contributed by atoms with E-state index in [2.05, 4.69) is 29.5 Å². The summed E-state index contributed by atoms with van der Waals surface area (Å²) in [4.78, 5) is 23.9. The van der Waals surface area contributed by atoms with Crippen LogP contribution in [0, 0.1) is 5.92 Å². The summed E-state index contributed by atoms with van der Waals surface area (Å²) in [6, 6.07) is 6.90. The topological polar surface area (TPSA) is 70.2 Å². The van der Waals surface area contributed by atoms with Gasteiger partial charge in [-0.3, -0.25) is 4.79 Å². The van der Waals surface area contributed by atoms with Gasteiger partial charge in [0.1, 0.15) is 0 Å². The molecule has 1 aliphatic carbocycles. The van der Waals surface area contributed by atoms with E-state index < -0.39 is 0 Å². The molecule has 1 saturated carbocycles. The van der Waals surface area contributed by atoms with Gasteiger partial charge in [0.05, 0.1) is 0 Å². The van der Waals surface area contributed by atoms with Gasteiger partial charge >= 0.3 is 6.03 Å². The largest absolute Gasteiger partial charge is 0.349 e. The van der Waals surface area contributed by atoms with Crippen LogP contribution in [0.4, 0.5) is 10.5 Å². The number of carbonyl (C=O) groups is 2. The SMILES string of the molecule is C=CCNC(=O)c1ccc(NC(=O)NC2CCCCC2C)cc1. The second kappa shape index (κ2) is 8.36. The molecule has 2 atom stereocenters. The number of amides is 3. The molecule has 0 spiro atoms. The third-order valence-electron chi connectivity index (χ3n) is 4.24. The molecular weight excluding hydrogens is 290 g/mol. The van der Waals surface area contributed by atoms with Crippen LogP contribution in [0.15, 0.2) is 36.9 Å². The summed E-state index contributed by atoms with van der Waals surface area (Å²) in [5.74, 6) is 0.363. The molecule has 1 aromatic rings. The Bertz CT molecular complexity index is 554. The molecule has 1 fully saturated rings. The highest BCUT2D eigenvalue weighted by Crippen LogP contribution is 2.23. The zero-order chi connectivity index (χ0) is 16.7. The van der Waals surface area contributed by atoms with Gasteiger partial charge in [0.15, 0.2) is 0 Å². The minimum atomic E-state index is -0.187. The van der Waals surface area contributed by atoms with Crippen molar-refractivity contribution in [3.63, 3.8) is 0 Å². The van der Waals surface area contributed by atoms with Crippen LogP contribution < -0.4 is 16.0 Å². The second-order valence-corrected chi connectivity index (χ2v) is 6.04. The zero-order valence-corrected chi connectivity index (χ0v) is 13.6. The number of hydrogen-bond acceptors (Lipinski definition) is 2. The monoisotopic (exact) mass is 315 g/mol. The van der Waals surface area contributed by atoms with Crippen LogP contribution in [-0.4, -0.2) is 24.5 Å². The van der Waals surface area contributed by atoms with Gasteiger partial charge in [-0.2, -0.15) is 0 Å². The Labute approximate surface area is 137 Å². The average Bonchev–Trinajstić information content (AvgIpc) is 2.55. The molecule has 5 nitrogen and oxygen atoms in total. The summed E-state index contributed by atoms with van der Waals surface area (Å²) in [5, 5.41) is 8.57. The summed E-state index contributed by atoms with van der Waals surface area (Å²) >= 11 is 0. The van der Waals surface area contributed by atoms with Crippen molar-refractivity contribution < 1.29 is 9.59 Å². The molecule has 0 aromatic heterocycles. The Morgan fingerprint density at radius 2 is 1.91 bits per heavy atom. The highest BCUT2D eigenvalue weighted by molar-refractivity contribution is 5.95. The number of rotatable bonds is 5. The second-order valence-electron chi connectivity index (χ2n) is 6.04. The first kappa shape index (κ1) is 17.1. The van der Waals surface area contributed by atoms with Crippen molar-refractivity contribution in [2.24, 2.45) is 5.92 Å². The Morgan fingerprint density at radius 1 is 1.22 bits per heavy atom. The van der Waals surface area contributed by atoms with E-state index in [0.717, 1.165) is 6.42 Å². The van der Waals surface area contributed by atoms with E-state index in [0.29, 0.717) is 23.7 Å². The van der Waals surface area contributed by atoms with Crippen molar-refractivity contribution in [1.29, 1.82) is 0 Å². The number of hydrogen-bond donors (Lipinski definition) is 3. The molecule has 3 N–H and O–H groups in total. The number of urea groups is 1. The van der Waals surface area contributed by atoms with E-state index in [-0.39, 0.29) is 18.0 Å². The number of carbonyl (C=O) groups excluding carboxylic acids is 2. The first-order valence-corrected chi connectivity index (χ1v) is 8.17. The van der Waals surface area contributed by atoms with Gasteiger partial charge in [-0.25, -0.2) is 4.79 Å². The minimum Gasteiger partial charge on any atom is -0.349 e. The molecule has 0 aliphatic heterocycles. The molecule has 0 saturated heterocycles. The molecule has 1 aromatic carbocycles. The fourth-order valence-corrected chi connectivity index (χ4v) is 2.84. The molecule has 5 heteroatoms. The molecule has 124 valence electrons. The lowest BCUT2D eigenvalue weighted by molar-refractivity contribution is 0.0958. The standard InChI is InChI=1S/C18H25N3O2/c1-3-12-19-17(22)14-8-10-15(11-9-14)20-18(23)21-16-7-5-4-6-13(16)2/h3,8-11,13,16H,1,4-7,12H2,2H3,(H,19,22)(H2,20,21,23). The summed E-state index contributed by atoms with van der Waals surface area (Å²) in [5.41, 5.74) is 1.23. The number of nitrogens with one attached hydrogen (secondary N) is 3. The normalized spacial score (nSPS) is 20.4. The zero-order valence-electron chi connectivity index (χ0n) is 13.6. The lowest BCUT2D eigenvalue weighted by Gasteiger charge is -2.29. The number of anilines is 1. The average molecular weight is 315 g/mol. The van der Waals surface area contributed by atoms with Crippen molar-refractivity contribution in [1.82, 2.24) is 10.6 Å². The van der Waals surface area contributed by atoms with E-state index in [4.69, 9.17) is 0 Å². The molecule has 0 heterocycles. The first-order valence-electron chi connectivity index (χ1n) is 8.17. The minimum absolute atomic E-state index is 0.156. The van der Waals surface area contributed by atoms with Crippen LogP contribution >= 0.6 is 0 Å². The van der Waals surface area contributed by atoms with Crippen LogP contribution in [0.5, 0.6) is 0 Å². The van der Waals surface area contributed by atoms with Crippen molar-refractivity contribution in [2.45, 2.75) is 38.6 Å². The smallest absolute Gasteiger partial charge is 0.319 e. The molecular formula is C18H25N3O2. The highest BCUT2D eigenvalue weighted by atomic mass is 16.2. The first-order chi connectivity index (χ1) is 11.1. The summed E-state index contributed by atoms with van der Waals surface area (Å²) < 4.78 is 0. The summed E-state index contributed by atoms with van der Waals surface area (Å²) in [6.07, 6.45) is 6.25. The van der Waals surface area contributed by atoms with Gasteiger partial charge in [0, 0.05) is 23.8 Å². The van der Waals surface area contributed by atoms with Gasteiger partial charge in [0.2, 0.25) is 0 Å². The van der Waals surface area contributed by atoms with Gasteiger partial charge in [0.25, 0.3) is 5.91 Å². The fourth-order valence-electron chi connectivity index (χ4n) is 2.84. The fraction of sp³-hybridized carbons (Fsp3) is 0.444. The Balaban J connectivity index is 1.86. The third-order valence-corrected chi connectivity index (χ3v) is 4.24. The molecule has 0 bridgehead atoms. The molecule has 23 heavy (non-hydrogen) atoms. The van der Waals surface area contributed by atoms with Crippen LogP contribution in [0.2, 0.25) is 0 Å². The Hall–Kier alpha value is -2.30. The quantitative estimate of drug-likeness (QED) is 0.730. The molecule has 0 radical (unpaired) electrons.